The highest BCUT2D eigenvalue weighted by atomic mass is 28.4. The van der Waals surface area contributed by atoms with Crippen LogP contribution in [0.1, 0.15) is 41.5 Å². The summed E-state index contributed by atoms with van der Waals surface area (Å²) in [6.45, 7) is 14.5. The molecule has 15 heavy (non-hydrogen) atoms. The predicted octanol–water partition coefficient (Wildman–Crippen LogP) is 3.08. The molecule has 0 bridgehead atoms. The second-order valence-electron chi connectivity index (χ2n) is 3.94. The molecular weight excluding hydrogens is 208 g/mol. The van der Waals surface area contributed by atoms with E-state index in [4.69, 9.17) is 13.3 Å². The van der Waals surface area contributed by atoms with Gasteiger partial charge in [0.15, 0.2) is 0 Å². The molecule has 0 aliphatic rings. The lowest BCUT2D eigenvalue weighted by Crippen LogP contribution is -2.51. The van der Waals surface area contributed by atoms with Gasteiger partial charge in [-0.25, -0.2) is 0 Å². The highest BCUT2D eigenvalue weighted by molar-refractivity contribution is 6.62. The zero-order valence-electron chi connectivity index (χ0n) is 11.0. The highest BCUT2D eigenvalue weighted by Gasteiger charge is 2.47. The number of hydrogen-bond acceptors (Lipinski definition) is 3. The first-order valence-corrected chi connectivity index (χ1v) is 7.76. The molecule has 4 heteroatoms. The first-order valence-electron chi connectivity index (χ1n) is 5.95. The molecule has 0 fully saturated rings. The molecule has 0 aromatic heterocycles. The zero-order chi connectivity index (χ0) is 11.9. The fraction of sp³-hybridized carbons (Fsp3) is 1.00. The van der Waals surface area contributed by atoms with Gasteiger partial charge in [0.2, 0.25) is 0 Å². The molecule has 0 aliphatic heterocycles. The van der Waals surface area contributed by atoms with Gasteiger partial charge in [0.05, 0.1) is 0 Å². The Balaban J connectivity index is 4.73. The van der Waals surface area contributed by atoms with E-state index in [0.717, 1.165) is 0 Å². The van der Waals surface area contributed by atoms with E-state index in [2.05, 4.69) is 20.8 Å². The van der Waals surface area contributed by atoms with E-state index in [-0.39, 0.29) is 0 Å². The quantitative estimate of drug-likeness (QED) is 0.604. The maximum atomic E-state index is 5.83. The third-order valence-corrected chi connectivity index (χ3v) is 6.45. The van der Waals surface area contributed by atoms with E-state index in [1.807, 2.05) is 20.8 Å². The summed E-state index contributed by atoms with van der Waals surface area (Å²) in [5.74, 6) is 0.515. The van der Waals surface area contributed by atoms with Crippen LogP contribution in [-0.4, -0.2) is 28.6 Å². The van der Waals surface area contributed by atoms with Crippen LogP contribution in [0, 0.1) is 5.92 Å². The first kappa shape index (κ1) is 15.1. The van der Waals surface area contributed by atoms with Gasteiger partial charge >= 0.3 is 8.80 Å². The Labute approximate surface area is 95.5 Å². The Hall–Kier alpha value is 0.0969. The van der Waals surface area contributed by atoms with Gasteiger partial charge in [-0.15, -0.1) is 0 Å². The van der Waals surface area contributed by atoms with Crippen molar-refractivity contribution in [3.8, 4) is 0 Å². The van der Waals surface area contributed by atoms with Crippen molar-refractivity contribution >= 4 is 8.80 Å². The average Bonchev–Trinajstić information content (AvgIpc) is 2.17. The second-order valence-corrected chi connectivity index (χ2v) is 6.92. The molecule has 0 aromatic rings. The van der Waals surface area contributed by atoms with Crippen molar-refractivity contribution in [3.63, 3.8) is 0 Å². The SMILES string of the molecule is CCO[Si](OCC)(OCC)C(C)C(C)C. The van der Waals surface area contributed by atoms with Crippen LogP contribution in [0.25, 0.3) is 0 Å². The van der Waals surface area contributed by atoms with Crippen molar-refractivity contribution in [1.29, 1.82) is 0 Å². The van der Waals surface area contributed by atoms with Crippen LogP contribution in [0.2, 0.25) is 5.54 Å². The molecule has 0 radical (unpaired) electrons. The van der Waals surface area contributed by atoms with E-state index in [0.29, 0.717) is 31.3 Å². The first-order chi connectivity index (χ1) is 7.04. The third kappa shape index (κ3) is 4.22. The van der Waals surface area contributed by atoms with E-state index in [1.54, 1.807) is 0 Å². The van der Waals surface area contributed by atoms with Gasteiger partial charge in [-0.3, -0.25) is 0 Å². The van der Waals surface area contributed by atoms with E-state index >= 15 is 0 Å². The minimum atomic E-state index is -2.46. The van der Waals surface area contributed by atoms with E-state index in [1.165, 1.54) is 0 Å². The third-order valence-electron chi connectivity index (χ3n) is 2.59. The van der Waals surface area contributed by atoms with Crippen LogP contribution in [0.4, 0.5) is 0 Å². The van der Waals surface area contributed by atoms with Gasteiger partial charge in [0, 0.05) is 25.4 Å². The molecular formula is C11H26O3Si. The van der Waals surface area contributed by atoms with Crippen molar-refractivity contribution in [1.82, 2.24) is 0 Å². The summed E-state index contributed by atoms with van der Waals surface area (Å²) in [6.07, 6.45) is 0. The number of rotatable bonds is 8. The molecule has 3 nitrogen and oxygen atoms in total. The van der Waals surface area contributed by atoms with Crippen LogP contribution in [0.15, 0.2) is 0 Å². The normalized spacial score (nSPS) is 14.6. The minimum absolute atomic E-state index is 0.345. The van der Waals surface area contributed by atoms with Gasteiger partial charge in [0.1, 0.15) is 0 Å². The average molecular weight is 234 g/mol. The van der Waals surface area contributed by atoms with Crippen molar-refractivity contribution in [3.05, 3.63) is 0 Å². The summed E-state index contributed by atoms with van der Waals surface area (Å²) in [6, 6.07) is 0. The summed E-state index contributed by atoms with van der Waals surface area (Å²) in [5.41, 5.74) is 0.345. The van der Waals surface area contributed by atoms with Crippen LogP contribution in [-0.2, 0) is 13.3 Å². The largest absolute Gasteiger partial charge is 0.504 e. The Morgan fingerprint density at radius 3 is 1.33 bits per heavy atom. The van der Waals surface area contributed by atoms with E-state index in [9.17, 15) is 0 Å². The smallest absolute Gasteiger partial charge is 0.374 e. The topological polar surface area (TPSA) is 27.7 Å². The van der Waals surface area contributed by atoms with Crippen LogP contribution < -0.4 is 0 Å². The molecule has 1 atom stereocenters. The zero-order valence-corrected chi connectivity index (χ0v) is 12.0. The Morgan fingerprint density at radius 1 is 0.800 bits per heavy atom. The Kier molecular flexibility index (Phi) is 7.43. The lowest BCUT2D eigenvalue weighted by atomic mass is 10.1. The summed E-state index contributed by atoms with van der Waals surface area (Å²) in [7, 11) is -2.46. The van der Waals surface area contributed by atoms with Crippen molar-refractivity contribution in [2.24, 2.45) is 5.92 Å². The summed E-state index contributed by atoms with van der Waals surface area (Å²) in [4.78, 5) is 0. The molecule has 1 unspecified atom stereocenters. The highest BCUT2D eigenvalue weighted by Crippen LogP contribution is 2.32. The van der Waals surface area contributed by atoms with Crippen LogP contribution in [0.5, 0.6) is 0 Å². The molecule has 0 N–H and O–H groups in total. The van der Waals surface area contributed by atoms with Gasteiger partial charge in [-0.2, -0.15) is 0 Å². The summed E-state index contributed by atoms with van der Waals surface area (Å²) >= 11 is 0. The minimum Gasteiger partial charge on any atom is -0.374 e. The molecule has 0 rings (SSSR count). The maximum absolute atomic E-state index is 5.83. The molecule has 0 saturated heterocycles. The molecule has 0 heterocycles. The Morgan fingerprint density at radius 2 is 1.13 bits per heavy atom. The number of hydrogen-bond donors (Lipinski definition) is 0. The van der Waals surface area contributed by atoms with Gasteiger partial charge in [-0.05, 0) is 26.7 Å². The van der Waals surface area contributed by atoms with Crippen molar-refractivity contribution in [2.75, 3.05) is 19.8 Å². The fourth-order valence-corrected chi connectivity index (χ4v) is 4.59. The van der Waals surface area contributed by atoms with Crippen LogP contribution in [0.3, 0.4) is 0 Å². The molecule has 92 valence electrons. The van der Waals surface area contributed by atoms with Crippen molar-refractivity contribution in [2.45, 2.75) is 47.1 Å². The molecule has 0 saturated carbocycles. The van der Waals surface area contributed by atoms with Gasteiger partial charge < -0.3 is 13.3 Å². The maximum Gasteiger partial charge on any atom is 0.504 e. The summed E-state index contributed by atoms with van der Waals surface area (Å²) < 4.78 is 17.5. The van der Waals surface area contributed by atoms with Crippen molar-refractivity contribution < 1.29 is 13.3 Å². The molecule has 0 spiro atoms. The lowest BCUT2D eigenvalue weighted by Gasteiger charge is -2.35. The molecule has 0 aliphatic carbocycles. The monoisotopic (exact) mass is 234 g/mol. The fourth-order valence-electron chi connectivity index (χ4n) is 1.53. The lowest BCUT2D eigenvalue weighted by molar-refractivity contribution is 0.0576. The molecule has 0 aromatic carbocycles. The van der Waals surface area contributed by atoms with Gasteiger partial charge in [0.25, 0.3) is 0 Å². The summed E-state index contributed by atoms with van der Waals surface area (Å²) in [5, 5.41) is 0. The molecule has 0 amide bonds. The Bertz CT molecular complexity index is 145. The standard InChI is InChI=1S/C11H26O3Si/c1-7-12-15(13-8-2,14-9-3)11(6)10(4)5/h10-11H,7-9H2,1-6H3. The predicted molar refractivity (Wildman–Crippen MR) is 64.9 cm³/mol. The second kappa shape index (κ2) is 7.38. The van der Waals surface area contributed by atoms with Gasteiger partial charge in [-0.1, -0.05) is 20.8 Å². The van der Waals surface area contributed by atoms with Crippen LogP contribution >= 0.6 is 0 Å². The van der Waals surface area contributed by atoms with E-state index < -0.39 is 8.80 Å².